The van der Waals surface area contributed by atoms with Crippen LogP contribution in [-0.4, -0.2) is 6.04 Å². The summed E-state index contributed by atoms with van der Waals surface area (Å²) in [6.07, 6.45) is 5.50. The van der Waals surface area contributed by atoms with Crippen molar-refractivity contribution in [3.8, 4) is 0 Å². The average molecular weight is 281 g/mol. The van der Waals surface area contributed by atoms with Gasteiger partial charge in [0.25, 0.3) is 0 Å². The van der Waals surface area contributed by atoms with Crippen molar-refractivity contribution in [1.29, 1.82) is 0 Å². The Morgan fingerprint density at radius 2 is 1.85 bits per heavy atom. The fourth-order valence-electron chi connectivity index (χ4n) is 3.13. The lowest BCUT2D eigenvalue weighted by atomic mass is 9.89. The van der Waals surface area contributed by atoms with Crippen LogP contribution in [0.2, 0.25) is 0 Å². The zero-order valence-electron chi connectivity index (χ0n) is 12.7. The molecule has 112 valence electrons. The first kappa shape index (κ1) is 15.3. The molecule has 2 unspecified atom stereocenters. The zero-order valence-corrected chi connectivity index (χ0v) is 12.7. The summed E-state index contributed by atoms with van der Waals surface area (Å²) in [5.41, 5.74) is 0.542. The van der Waals surface area contributed by atoms with Crippen LogP contribution in [0.25, 0.3) is 0 Å². The standard InChI is InChI=1S/C17H25F2N/c1-11(2)13-5-4-6-14(9-8-13)20-17-15(18)10-7-12(3)16(17)19/h7,10-11,13-14,20H,4-6,8-9H2,1-3H3. The minimum Gasteiger partial charge on any atom is -0.378 e. The Balaban J connectivity index is 2.06. The molecule has 3 heteroatoms. The van der Waals surface area contributed by atoms with E-state index in [1.54, 1.807) is 6.92 Å². The number of halogens is 2. The van der Waals surface area contributed by atoms with Crippen molar-refractivity contribution in [2.75, 3.05) is 5.32 Å². The predicted molar refractivity (Wildman–Crippen MR) is 79.9 cm³/mol. The lowest BCUT2D eigenvalue weighted by molar-refractivity contribution is 0.341. The molecule has 0 bridgehead atoms. The summed E-state index contributed by atoms with van der Waals surface area (Å²) in [6.45, 7) is 6.19. The van der Waals surface area contributed by atoms with Gasteiger partial charge in [0.15, 0.2) is 5.82 Å². The van der Waals surface area contributed by atoms with Crippen molar-refractivity contribution in [2.24, 2.45) is 11.8 Å². The third-order valence-corrected chi connectivity index (χ3v) is 4.59. The van der Waals surface area contributed by atoms with Gasteiger partial charge in [-0.2, -0.15) is 0 Å². The van der Waals surface area contributed by atoms with E-state index in [-0.39, 0.29) is 11.7 Å². The van der Waals surface area contributed by atoms with Crippen molar-refractivity contribution in [3.05, 3.63) is 29.3 Å². The molecule has 1 aliphatic carbocycles. The van der Waals surface area contributed by atoms with Gasteiger partial charge in [-0.1, -0.05) is 32.8 Å². The second-order valence-electron chi connectivity index (χ2n) is 6.41. The number of hydrogen-bond donors (Lipinski definition) is 1. The average Bonchev–Trinajstić information content (AvgIpc) is 2.65. The molecule has 0 radical (unpaired) electrons. The first-order valence-electron chi connectivity index (χ1n) is 7.70. The third kappa shape index (κ3) is 3.50. The van der Waals surface area contributed by atoms with E-state index in [2.05, 4.69) is 19.2 Å². The molecule has 1 saturated carbocycles. The van der Waals surface area contributed by atoms with Crippen LogP contribution in [0.1, 0.15) is 51.5 Å². The number of benzene rings is 1. The van der Waals surface area contributed by atoms with E-state index in [1.807, 2.05) is 0 Å². The molecule has 0 saturated heterocycles. The van der Waals surface area contributed by atoms with Gasteiger partial charge in [-0.3, -0.25) is 0 Å². The lowest BCUT2D eigenvalue weighted by Crippen LogP contribution is -2.20. The van der Waals surface area contributed by atoms with Crippen molar-refractivity contribution in [2.45, 2.75) is 58.9 Å². The Labute approximate surface area is 120 Å². The fraction of sp³-hybridized carbons (Fsp3) is 0.647. The molecular weight excluding hydrogens is 256 g/mol. The first-order valence-corrected chi connectivity index (χ1v) is 7.70. The van der Waals surface area contributed by atoms with Gasteiger partial charge >= 0.3 is 0 Å². The Kier molecular flexibility index (Phi) is 5.00. The van der Waals surface area contributed by atoms with Crippen LogP contribution in [0, 0.1) is 30.4 Å². The van der Waals surface area contributed by atoms with Crippen LogP contribution >= 0.6 is 0 Å². The fourth-order valence-corrected chi connectivity index (χ4v) is 3.13. The molecule has 1 N–H and O–H groups in total. The smallest absolute Gasteiger partial charge is 0.152 e. The van der Waals surface area contributed by atoms with Crippen molar-refractivity contribution in [1.82, 2.24) is 0 Å². The Hall–Kier alpha value is -1.12. The SMILES string of the molecule is Cc1ccc(F)c(NC2CCCC(C(C)C)CC2)c1F. The molecule has 0 heterocycles. The number of hydrogen-bond acceptors (Lipinski definition) is 1. The highest BCUT2D eigenvalue weighted by molar-refractivity contribution is 5.49. The first-order chi connectivity index (χ1) is 9.49. The van der Waals surface area contributed by atoms with Crippen LogP contribution in [0.4, 0.5) is 14.5 Å². The van der Waals surface area contributed by atoms with Crippen LogP contribution in [0.15, 0.2) is 12.1 Å². The highest BCUT2D eigenvalue weighted by Crippen LogP contribution is 2.31. The molecule has 0 amide bonds. The van der Waals surface area contributed by atoms with Gasteiger partial charge in [0.1, 0.15) is 11.5 Å². The van der Waals surface area contributed by atoms with E-state index in [4.69, 9.17) is 0 Å². The summed E-state index contributed by atoms with van der Waals surface area (Å²) < 4.78 is 27.8. The quantitative estimate of drug-likeness (QED) is 0.742. The number of nitrogens with one attached hydrogen (secondary N) is 1. The zero-order chi connectivity index (χ0) is 14.7. The second kappa shape index (κ2) is 6.55. The Bertz CT molecular complexity index is 457. The van der Waals surface area contributed by atoms with Crippen LogP contribution in [-0.2, 0) is 0 Å². The van der Waals surface area contributed by atoms with Crippen molar-refractivity contribution >= 4 is 5.69 Å². The molecule has 1 nitrogen and oxygen atoms in total. The van der Waals surface area contributed by atoms with E-state index < -0.39 is 11.6 Å². The maximum absolute atomic E-state index is 14.0. The van der Waals surface area contributed by atoms with Gasteiger partial charge in [-0.25, -0.2) is 8.78 Å². The predicted octanol–water partition coefficient (Wildman–Crippen LogP) is 5.29. The normalized spacial score (nSPS) is 23.7. The molecule has 0 aromatic heterocycles. The lowest BCUT2D eigenvalue weighted by Gasteiger charge is -2.20. The topological polar surface area (TPSA) is 12.0 Å². The summed E-state index contributed by atoms with van der Waals surface area (Å²) in [7, 11) is 0. The number of aryl methyl sites for hydroxylation is 1. The van der Waals surface area contributed by atoms with E-state index >= 15 is 0 Å². The monoisotopic (exact) mass is 281 g/mol. The highest BCUT2D eigenvalue weighted by Gasteiger charge is 2.22. The van der Waals surface area contributed by atoms with Crippen LogP contribution in [0.5, 0.6) is 0 Å². The maximum Gasteiger partial charge on any atom is 0.152 e. The molecule has 0 spiro atoms. The van der Waals surface area contributed by atoms with E-state index in [0.717, 1.165) is 31.6 Å². The summed E-state index contributed by atoms with van der Waals surface area (Å²) in [4.78, 5) is 0. The largest absolute Gasteiger partial charge is 0.378 e. The Morgan fingerprint density at radius 1 is 1.10 bits per heavy atom. The number of anilines is 1. The molecule has 20 heavy (non-hydrogen) atoms. The molecule has 1 aromatic rings. The van der Waals surface area contributed by atoms with E-state index in [1.165, 1.54) is 18.6 Å². The van der Waals surface area contributed by atoms with Crippen molar-refractivity contribution < 1.29 is 8.78 Å². The molecule has 1 aromatic carbocycles. The summed E-state index contributed by atoms with van der Waals surface area (Å²) >= 11 is 0. The maximum atomic E-state index is 14.0. The molecule has 0 aliphatic heterocycles. The van der Waals surface area contributed by atoms with Crippen LogP contribution in [0.3, 0.4) is 0 Å². The van der Waals surface area contributed by atoms with Gasteiger partial charge in [0, 0.05) is 6.04 Å². The minimum absolute atomic E-state index is 0.0537. The molecule has 1 aliphatic rings. The molecular formula is C17H25F2N. The highest BCUT2D eigenvalue weighted by atomic mass is 19.1. The van der Waals surface area contributed by atoms with Gasteiger partial charge in [-0.15, -0.1) is 0 Å². The second-order valence-corrected chi connectivity index (χ2v) is 6.41. The van der Waals surface area contributed by atoms with Gasteiger partial charge in [-0.05, 0) is 49.7 Å². The van der Waals surface area contributed by atoms with Crippen LogP contribution < -0.4 is 5.32 Å². The number of rotatable bonds is 3. The Morgan fingerprint density at radius 3 is 2.55 bits per heavy atom. The summed E-state index contributed by atoms with van der Waals surface area (Å²) in [5.74, 6) is 0.502. The van der Waals surface area contributed by atoms with E-state index in [9.17, 15) is 8.78 Å². The van der Waals surface area contributed by atoms with Crippen molar-refractivity contribution in [3.63, 3.8) is 0 Å². The van der Waals surface area contributed by atoms with E-state index in [0.29, 0.717) is 11.5 Å². The molecule has 2 atom stereocenters. The van der Waals surface area contributed by atoms with Gasteiger partial charge in [0.2, 0.25) is 0 Å². The van der Waals surface area contributed by atoms with Gasteiger partial charge in [0.05, 0.1) is 0 Å². The van der Waals surface area contributed by atoms with Gasteiger partial charge < -0.3 is 5.32 Å². The summed E-state index contributed by atoms with van der Waals surface area (Å²) in [6, 6.07) is 3.01. The molecule has 2 rings (SSSR count). The minimum atomic E-state index is -0.488. The third-order valence-electron chi connectivity index (χ3n) is 4.59. The molecule has 1 fully saturated rings. The summed E-state index contributed by atoms with van der Waals surface area (Å²) in [5, 5.41) is 3.11.